The van der Waals surface area contributed by atoms with E-state index < -0.39 is 0 Å². The van der Waals surface area contributed by atoms with Gasteiger partial charge < -0.3 is 0 Å². The first-order chi connectivity index (χ1) is 12.8. The Kier molecular flexibility index (Phi) is 4.94. The van der Waals surface area contributed by atoms with Crippen LogP contribution in [0.2, 0.25) is 19.7 Å². The lowest BCUT2D eigenvalue weighted by Crippen LogP contribution is -2.37. The number of nitrogens with zero attached hydrogens (tertiary/aromatic N) is 4. The molecule has 4 aromatic rings. The number of rotatable bonds is 3. The zero-order chi connectivity index (χ0) is 19.3. The van der Waals surface area contributed by atoms with E-state index in [1.54, 1.807) is 38.2 Å². The van der Waals surface area contributed by atoms with E-state index in [0.29, 0.717) is 37.8 Å². The number of thiazole rings is 1. The predicted molar refractivity (Wildman–Crippen MR) is 110 cm³/mol. The number of aromatic nitrogens is 4. The Morgan fingerprint density at radius 3 is 2.48 bits per heavy atom. The second kappa shape index (κ2) is 7.11. The number of aryl methyl sites for hydroxylation is 1. The Labute approximate surface area is 177 Å². The molecule has 0 saturated heterocycles. The van der Waals surface area contributed by atoms with Gasteiger partial charge in [-0.2, -0.15) is 0 Å². The molecule has 0 amide bonds. The molecule has 10 heteroatoms. The van der Waals surface area contributed by atoms with Crippen LogP contribution in [0, 0.1) is 0 Å². The molecule has 0 N–H and O–H groups in total. The van der Waals surface area contributed by atoms with Crippen molar-refractivity contribution in [2.24, 2.45) is 7.05 Å². The van der Waals surface area contributed by atoms with Crippen LogP contribution in [0.4, 0.5) is 0 Å². The second-order valence-corrected chi connectivity index (χ2v) is 8.78. The van der Waals surface area contributed by atoms with Gasteiger partial charge in [0.25, 0.3) is 5.56 Å². The van der Waals surface area contributed by atoms with E-state index in [2.05, 4.69) is 4.98 Å². The van der Waals surface area contributed by atoms with Crippen molar-refractivity contribution in [2.75, 3.05) is 0 Å². The summed E-state index contributed by atoms with van der Waals surface area (Å²) in [5.41, 5.74) is 1.26. The molecule has 0 saturated carbocycles. The van der Waals surface area contributed by atoms with Gasteiger partial charge >= 0.3 is 0 Å². The minimum Gasteiger partial charge on any atom is -0.284 e. The smallest absolute Gasteiger partial charge is 0.263 e. The second-order valence-electron chi connectivity index (χ2n) is 5.85. The maximum absolute atomic E-state index is 13.4. The first-order valence-electron chi connectivity index (χ1n) is 7.71. The molecule has 1 aromatic carbocycles. The summed E-state index contributed by atoms with van der Waals surface area (Å²) in [6, 6.07) is 6.76. The zero-order valence-electron chi connectivity index (χ0n) is 13.8. The van der Waals surface area contributed by atoms with Crippen LogP contribution >= 0.6 is 57.7 Å². The average molecular weight is 461 g/mol. The Morgan fingerprint density at radius 1 is 1.15 bits per heavy atom. The quantitative estimate of drug-likeness (QED) is 0.328. The van der Waals surface area contributed by atoms with Gasteiger partial charge in [0.05, 0.1) is 18.2 Å². The molecular weight excluding hydrogens is 450 g/mol. The van der Waals surface area contributed by atoms with Crippen LogP contribution in [0.3, 0.4) is 0 Å². The Bertz CT molecular complexity index is 1220. The van der Waals surface area contributed by atoms with Crippen LogP contribution in [0.25, 0.3) is 16.8 Å². The van der Waals surface area contributed by atoms with E-state index in [1.165, 1.54) is 11.3 Å². The topological polar surface area (TPSA) is 43.2 Å². The summed E-state index contributed by atoms with van der Waals surface area (Å²) in [5.74, 6) is 0. The molecule has 0 spiro atoms. The molecule has 0 aliphatic heterocycles. The van der Waals surface area contributed by atoms with Crippen LogP contribution < -0.4 is 10.2 Å². The monoisotopic (exact) mass is 459 g/mol. The SMILES string of the molecule is C[n+]1ccc2n(Cc3cnc(Cl)s3)c(=O)c(-c3cc(Cl)cc(Cl)c3)c(Cl)n21. The largest absolute Gasteiger partial charge is 0.284 e. The fourth-order valence-corrected chi connectivity index (χ4v) is 4.84. The zero-order valence-corrected chi connectivity index (χ0v) is 17.6. The minimum atomic E-state index is -0.256. The Balaban J connectivity index is 2.04. The van der Waals surface area contributed by atoms with E-state index in [9.17, 15) is 4.79 Å². The van der Waals surface area contributed by atoms with Gasteiger partial charge in [-0.05, 0) is 23.8 Å². The first-order valence-corrected chi connectivity index (χ1v) is 10.0. The average Bonchev–Trinajstić information content (AvgIpc) is 3.16. The normalized spacial score (nSPS) is 11.4. The molecule has 0 radical (unpaired) electrons. The lowest BCUT2D eigenvalue weighted by molar-refractivity contribution is -0.737. The van der Waals surface area contributed by atoms with Gasteiger partial charge in [-0.1, -0.05) is 50.9 Å². The van der Waals surface area contributed by atoms with E-state index in [0.717, 1.165) is 4.88 Å². The van der Waals surface area contributed by atoms with Gasteiger partial charge in [0.1, 0.15) is 0 Å². The van der Waals surface area contributed by atoms with Crippen LogP contribution in [0.15, 0.2) is 41.5 Å². The summed E-state index contributed by atoms with van der Waals surface area (Å²) in [6.07, 6.45) is 3.48. The summed E-state index contributed by atoms with van der Waals surface area (Å²) >= 11 is 26.2. The molecule has 5 nitrogen and oxygen atoms in total. The number of hydrogen-bond donors (Lipinski definition) is 0. The van der Waals surface area contributed by atoms with Crippen molar-refractivity contribution in [2.45, 2.75) is 6.54 Å². The van der Waals surface area contributed by atoms with E-state index in [1.807, 2.05) is 19.3 Å². The molecule has 3 aromatic heterocycles. The van der Waals surface area contributed by atoms with E-state index >= 15 is 0 Å². The molecule has 0 aliphatic rings. The van der Waals surface area contributed by atoms with Crippen molar-refractivity contribution in [1.29, 1.82) is 0 Å². The summed E-state index contributed by atoms with van der Waals surface area (Å²) in [6.45, 7) is 0.315. The number of hydrogen-bond acceptors (Lipinski definition) is 3. The molecule has 0 bridgehead atoms. The molecule has 0 atom stereocenters. The number of halogens is 4. The third-order valence-electron chi connectivity index (χ3n) is 4.09. The Hall–Kier alpha value is -1.57. The number of benzene rings is 1. The summed E-state index contributed by atoms with van der Waals surface area (Å²) < 4.78 is 5.59. The maximum Gasteiger partial charge on any atom is 0.263 e. The molecular formula is C17H11Cl4N4OS+. The highest BCUT2D eigenvalue weighted by atomic mass is 35.5. The first kappa shape index (κ1) is 18.8. The van der Waals surface area contributed by atoms with E-state index in [-0.39, 0.29) is 10.7 Å². The highest BCUT2D eigenvalue weighted by molar-refractivity contribution is 7.15. The van der Waals surface area contributed by atoms with Gasteiger partial charge in [-0.15, -0.1) is 16.0 Å². The summed E-state index contributed by atoms with van der Waals surface area (Å²) in [5, 5.41) is 1.12. The fraction of sp³-hybridized carbons (Fsp3) is 0.118. The van der Waals surface area contributed by atoms with Gasteiger partial charge in [0.15, 0.2) is 28.5 Å². The molecule has 3 heterocycles. The predicted octanol–water partition coefficient (Wildman–Crippen LogP) is 4.71. The third kappa shape index (κ3) is 3.37. The highest BCUT2D eigenvalue weighted by Crippen LogP contribution is 2.30. The van der Waals surface area contributed by atoms with Crippen LogP contribution in [0.5, 0.6) is 0 Å². The fourth-order valence-electron chi connectivity index (χ4n) is 2.96. The van der Waals surface area contributed by atoms with Crippen molar-refractivity contribution in [3.8, 4) is 11.1 Å². The third-order valence-corrected chi connectivity index (χ3v) is 5.98. The summed E-state index contributed by atoms with van der Waals surface area (Å²) in [4.78, 5) is 18.3. The van der Waals surface area contributed by atoms with E-state index in [4.69, 9.17) is 46.4 Å². The van der Waals surface area contributed by atoms with Crippen molar-refractivity contribution < 1.29 is 4.68 Å². The molecule has 27 heavy (non-hydrogen) atoms. The highest BCUT2D eigenvalue weighted by Gasteiger charge is 2.23. The molecule has 0 aliphatic carbocycles. The van der Waals surface area contributed by atoms with Crippen LogP contribution in [0.1, 0.15) is 4.88 Å². The van der Waals surface area contributed by atoms with Crippen LogP contribution in [-0.4, -0.2) is 14.1 Å². The standard InChI is InChI=1S/C17H11Cl4N4OS/c1-23-3-2-13-24(8-12-7-22-17(21)27-12)16(26)14(15(20)25(13)23)9-4-10(18)6-11(19)5-9/h2-7H,8H2,1H3/q+1. The molecule has 4 rings (SSSR count). The molecule has 138 valence electrons. The van der Waals surface area contributed by atoms with Gasteiger partial charge in [-0.25, -0.2) is 4.98 Å². The maximum atomic E-state index is 13.4. The summed E-state index contributed by atoms with van der Waals surface area (Å²) in [7, 11) is 1.84. The minimum absolute atomic E-state index is 0.256. The Morgan fingerprint density at radius 2 is 1.85 bits per heavy atom. The lowest BCUT2D eigenvalue weighted by Gasteiger charge is -2.12. The lowest BCUT2D eigenvalue weighted by atomic mass is 10.1. The van der Waals surface area contributed by atoms with Gasteiger partial charge in [-0.3, -0.25) is 9.36 Å². The molecule has 0 unspecified atom stereocenters. The van der Waals surface area contributed by atoms with Crippen molar-refractivity contribution >= 4 is 63.4 Å². The molecule has 0 fully saturated rings. The van der Waals surface area contributed by atoms with Crippen molar-refractivity contribution in [3.05, 3.63) is 71.6 Å². The van der Waals surface area contributed by atoms with Gasteiger partial charge in [0, 0.05) is 21.1 Å². The van der Waals surface area contributed by atoms with Gasteiger partial charge in [0.2, 0.25) is 0 Å². The van der Waals surface area contributed by atoms with Crippen molar-refractivity contribution in [3.63, 3.8) is 0 Å². The van der Waals surface area contributed by atoms with Crippen molar-refractivity contribution in [1.82, 2.24) is 14.1 Å². The number of fused-ring (bicyclic) bond motifs is 1. The van der Waals surface area contributed by atoms with Crippen LogP contribution in [-0.2, 0) is 13.6 Å².